The smallest absolute Gasteiger partial charge is 0.0107 e. The van der Waals surface area contributed by atoms with Crippen LogP contribution in [0.25, 0.3) is 0 Å². The number of nitrogens with zero attached hydrogens (tertiary/aromatic N) is 1. The molecule has 1 N–H and O–H groups in total. The van der Waals surface area contributed by atoms with E-state index in [0.29, 0.717) is 0 Å². The second-order valence-corrected chi connectivity index (χ2v) is 4.84. The maximum absolute atomic E-state index is 3.23. The Morgan fingerprint density at radius 1 is 1.23 bits per heavy atom. The molecule has 76 valence electrons. The average Bonchev–Trinajstić information content (AvgIpc) is 2.74. The Hall–Kier alpha value is -0.0800. The first-order valence-electron chi connectivity index (χ1n) is 5.72. The van der Waals surface area contributed by atoms with Crippen LogP contribution in [0.4, 0.5) is 0 Å². The molecule has 1 heterocycles. The molecule has 0 aromatic carbocycles. The van der Waals surface area contributed by atoms with E-state index >= 15 is 0 Å². The molecule has 2 fully saturated rings. The first kappa shape index (κ1) is 9.47. The fourth-order valence-corrected chi connectivity index (χ4v) is 3.02. The zero-order chi connectivity index (χ0) is 9.15. The highest BCUT2D eigenvalue weighted by atomic mass is 15.2. The maximum Gasteiger partial charge on any atom is 0.0107 e. The van der Waals surface area contributed by atoms with Crippen molar-refractivity contribution in [2.45, 2.75) is 32.1 Å². The standard InChI is InChI=1S/C11H22N2/c1-12-7-9-13-8-6-11(10-13)4-2-3-5-11/h12H,2-10H2,1H3. The lowest BCUT2D eigenvalue weighted by Gasteiger charge is -2.23. The van der Waals surface area contributed by atoms with E-state index in [4.69, 9.17) is 0 Å². The van der Waals surface area contributed by atoms with Gasteiger partial charge in [-0.2, -0.15) is 0 Å². The summed E-state index contributed by atoms with van der Waals surface area (Å²) < 4.78 is 0. The number of likely N-dealkylation sites (tertiary alicyclic amines) is 1. The van der Waals surface area contributed by atoms with Crippen LogP contribution in [0.1, 0.15) is 32.1 Å². The molecule has 1 saturated carbocycles. The molecule has 1 saturated heterocycles. The van der Waals surface area contributed by atoms with Gasteiger partial charge in [-0.05, 0) is 38.3 Å². The highest BCUT2D eigenvalue weighted by molar-refractivity contribution is 4.93. The van der Waals surface area contributed by atoms with Crippen LogP contribution in [0, 0.1) is 5.41 Å². The van der Waals surface area contributed by atoms with Crippen LogP contribution in [-0.4, -0.2) is 38.1 Å². The van der Waals surface area contributed by atoms with Crippen molar-refractivity contribution in [1.29, 1.82) is 0 Å². The van der Waals surface area contributed by atoms with Gasteiger partial charge in [0.05, 0.1) is 0 Å². The fraction of sp³-hybridized carbons (Fsp3) is 1.00. The summed E-state index contributed by atoms with van der Waals surface area (Å²) in [5.74, 6) is 0. The van der Waals surface area contributed by atoms with Crippen molar-refractivity contribution >= 4 is 0 Å². The van der Waals surface area contributed by atoms with Gasteiger partial charge in [0.25, 0.3) is 0 Å². The van der Waals surface area contributed by atoms with Gasteiger partial charge in [-0.25, -0.2) is 0 Å². The molecule has 0 aromatic heterocycles. The summed E-state index contributed by atoms with van der Waals surface area (Å²) in [6.07, 6.45) is 7.45. The van der Waals surface area contributed by atoms with Crippen LogP contribution in [0.15, 0.2) is 0 Å². The van der Waals surface area contributed by atoms with Crippen LogP contribution in [0.5, 0.6) is 0 Å². The third kappa shape index (κ3) is 2.05. The van der Waals surface area contributed by atoms with Gasteiger partial charge < -0.3 is 10.2 Å². The third-order valence-electron chi connectivity index (χ3n) is 3.86. The second-order valence-electron chi connectivity index (χ2n) is 4.84. The van der Waals surface area contributed by atoms with Crippen molar-refractivity contribution in [2.24, 2.45) is 5.41 Å². The summed E-state index contributed by atoms with van der Waals surface area (Å²) in [5.41, 5.74) is 0.758. The summed E-state index contributed by atoms with van der Waals surface area (Å²) >= 11 is 0. The molecule has 0 amide bonds. The topological polar surface area (TPSA) is 15.3 Å². The number of nitrogens with one attached hydrogen (secondary N) is 1. The molecule has 1 spiro atoms. The molecule has 0 unspecified atom stereocenters. The van der Waals surface area contributed by atoms with E-state index in [9.17, 15) is 0 Å². The van der Waals surface area contributed by atoms with E-state index < -0.39 is 0 Å². The minimum absolute atomic E-state index is 0.758. The summed E-state index contributed by atoms with van der Waals surface area (Å²) in [6.45, 7) is 5.13. The monoisotopic (exact) mass is 182 g/mol. The molecule has 0 radical (unpaired) electrons. The minimum Gasteiger partial charge on any atom is -0.318 e. The van der Waals surface area contributed by atoms with Crippen LogP contribution in [-0.2, 0) is 0 Å². The van der Waals surface area contributed by atoms with E-state index in [-0.39, 0.29) is 0 Å². The van der Waals surface area contributed by atoms with E-state index in [1.807, 2.05) is 7.05 Å². The fourth-order valence-electron chi connectivity index (χ4n) is 3.02. The lowest BCUT2D eigenvalue weighted by molar-refractivity contribution is 0.262. The molecule has 1 aliphatic heterocycles. The molecule has 0 bridgehead atoms. The summed E-state index contributed by atoms with van der Waals surface area (Å²) in [4.78, 5) is 2.64. The van der Waals surface area contributed by atoms with Gasteiger partial charge in [-0.1, -0.05) is 12.8 Å². The van der Waals surface area contributed by atoms with Gasteiger partial charge in [0.1, 0.15) is 0 Å². The Morgan fingerprint density at radius 3 is 2.69 bits per heavy atom. The normalized spacial score (nSPS) is 27.5. The van der Waals surface area contributed by atoms with Crippen molar-refractivity contribution in [3.8, 4) is 0 Å². The Kier molecular flexibility index (Phi) is 2.89. The average molecular weight is 182 g/mol. The second kappa shape index (κ2) is 3.97. The predicted octanol–water partition coefficient (Wildman–Crippen LogP) is 1.47. The number of likely N-dealkylation sites (N-methyl/N-ethyl adjacent to an activating group) is 1. The van der Waals surface area contributed by atoms with Crippen LogP contribution < -0.4 is 5.32 Å². The van der Waals surface area contributed by atoms with Crippen molar-refractivity contribution in [3.05, 3.63) is 0 Å². The van der Waals surface area contributed by atoms with Crippen molar-refractivity contribution < 1.29 is 0 Å². The number of rotatable bonds is 3. The highest BCUT2D eigenvalue weighted by Crippen LogP contribution is 2.44. The largest absolute Gasteiger partial charge is 0.318 e. The summed E-state index contributed by atoms with van der Waals surface area (Å²) in [6, 6.07) is 0. The third-order valence-corrected chi connectivity index (χ3v) is 3.86. The molecule has 0 atom stereocenters. The molecule has 2 rings (SSSR count). The Morgan fingerprint density at radius 2 is 2.00 bits per heavy atom. The Balaban J connectivity index is 1.79. The van der Waals surface area contributed by atoms with E-state index in [0.717, 1.165) is 12.0 Å². The molecule has 13 heavy (non-hydrogen) atoms. The SMILES string of the molecule is CNCCN1CCC2(CCCC2)C1. The highest BCUT2D eigenvalue weighted by Gasteiger charge is 2.39. The first-order valence-corrected chi connectivity index (χ1v) is 5.72. The quantitative estimate of drug-likeness (QED) is 0.711. The predicted molar refractivity (Wildman–Crippen MR) is 55.9 cm³/mol. The van der Waals surface area contributed by atoms with Gasteiger partial charge in [0.2, 0.25) is 0 Å². The summed E-state index contributed by atoms with van der Waals surface area (Å²) in [7, 11) is 2.04. The van der Waals surface area contributed by atoms with Crippen molar-refractivity contribution in [2.75, 3.05) is 33.2 Å². The van der Waals surface area contributed by atoms with Crippen LogP contribution >= 0.6 is 0 Å². The van der Waals surface area contributed by atoms with Gasteiger partial charge >= 0.3 is 0 Å². The molecule has 2 nitrogen and oxygen atoms in total. The van der Waals surface area contributed by atoms with Crippen LogP contribution in [0.2, 0.25) is 0 Å². The number of hydrogen-bond donors (Lipinski definition) is 1. The molecule has 1 aliphatic carbocycles. The Labute approximate surface area is 81.7 Å². The minimum atomic E-state index is 0.758. The maximum atomic E-state index is 3.23. The molecule has 2 heteroatoms. The van der Waals surface area contributed by atoms with Gasteiger partial charge in [0, 0.05) is 19.6 Å². The summed E-state index contributed by atoms with van der Waals surface area (Å²) in [5, 5.41) is 3.23. The lowest BCUT2D eigenvalue weighted by Crippen LogP contribution is -2.31. The molecule has 0 aromatic rings. The van der Waals surface area contributed by atoms with Gasteiger partial charge in [-0.15, -0.1) is 0 Å². The van der Waals surface area contributed by atoms with Crippen molar-refractivity contribution in [3.63, 3.8) is 0 Å². The Bertz CT molecular complexity index is 161. The lowest BCUT2D eigenvalue weighted by atomic mass is 9.86. The first-order chi connectivity index (χ1) is 6.35. The molecular formula is C11H22N2. The number of hydrogen-bond acceptors (Lipinski definition) is 2. The molecule has 2 aliphatic rings. The van der Waals surface area contributed by atoms with E-state index in [2.05, 4.69) is 10.2 Å². The van der Waals surface area contributed by atoms with Crippen LogP contribution in [0.3, 0.4) is 0 Å². The van der Waals surface area contributed by atoms with Crippen molar-refractivity contribution in [1.82, 2.24) is 10.2 Å². The molecular weight excluding hydrogens is 160 g/mol. The van der Waals surface area contributed by atoms with E-state index in [1.54, 1.807) is 0 Å². The van der Waals surface area contributed by atoms with E-state index in [1.165, 1.54) is 51.7 Å². The zero-order valence-corrected chi connectivity index (χ0v) is 8.81. The zero-order valence-electron chi connectivity index (χ0n) is 8.81. The van der Waals surface area contributed by atoms with Gasteiger partial charge in [-0.3, -0.25) is 0 Å². The van der Waals surface area contributed by atoms with Gasteiger partial charge in [0.15, 0.2) is 0 Å².